The molecule has 4 rings (SSSR count). The number of methoxy groups -OCH3 is 1. The SMILES string of the molecule is COc1ccccc1C(=O)N(CCN1CCCCC1)Cc1csc(COc2ccccc2C(C)C)n1. The number of para-hydroxylation sites is 2. The van der Waals surface area contributed by atoms with Crippen LogP contribution in [0.3, 0.4) is 0 Å². The fraction of sp³-hybridized carbons (Fsp3) is 0.448. The standard InChI is InChI=1S/C29H37N3O3S/c1-22(2)24-11-5-8-14-27(24)35-20-28-30-23(21-36-28)19-32(18-17-31-15-9-4-10-16-31)29(33)25-12-6-7-13-26(25)34-3/h5-8,11-14,21-22H,4,9-10,15-20H2,1-3H3. The molecule has 7 heteroatoms. The molecule has 1 saturated heterocycles. The van der Waals surface area contributed by atoms with E-state index in [-0.39, 0.29) is 5.91 Å². The van der Waals surface area contributed by atoms with Crippen molar-refractivity contribution in [2.45, 2.75) is 52.2 Å². The van der Waals surface area contributed by atoms with Crippen LogP contribution in [-0.4, -0.2) is 54.0 Å². The number of piperidine rings is 1. The lowest BCUT2D eigenvalue weighted by atomic mass is 10.0. The van der Waals surface area contributed by atoms with E-state index < -0.39 is 0 Å². The molecule has 2 heterocycles. The quantitative estimate of drug-likeness (QED) is 0.319. The Labute approximate surface area is 218 Å². The average molecular weight is 508 g/mol. The van der Waals surface area contributed by atoms with Gasteiger partial charge in [0.15, 0.2) is 0 Å². The molecule has 0 aliphatic carbocycles. The second-order valence-electron chi connectivity index (χ2n) is 9.54. The maximum atomic E-state index is 13.6. The van der Waals surface area contributed by atoms with Gasteiger partial charge in [0.2, 0.25) is 0 Å². The number of nitrogens with zero attached hydrogens (tertiary/aromatic N) is 3. The van der Waals surface area contributed by atoms with Crippen molar-refractivity contribution in [2.75, 3.05) is 33.3 Å². The normalized spacial score (nSPS) is 14.1. The molecule has 1 amide bonds. The topological polar surface area (TPSA) is 54.9 Å². The predicted octanol–water partition coefficient (Wildman–Crippen LogP) is 5.98. The summed E-state index contributed by atoms with van der Waals surface area (Å²) < 4.78 is 11.6. The molecule has 0 unspecified atom stereocenters. The van der Waals surface area contributed by atoms with E-state index in [1.807, 2.05) is 52.7 Å². The molecule has 1 aliphatic rings. The first-order chi connectivity index (χ1) is 17.5. The Balaban J connectivity index is 1.45. The zero-order chi connectivity index (χ0) is 25.3. The maximum Gasteiger partial charge on any atom is 0.258 e. The lowest BCUT2D eigenvalue weighted by Crippen LogP contribution is -2.40. The Morgan fingerprint density at radius 3 is 2.53 bits per heavy atom. The van der Waals surface area contributed by atoms with Crippen molar-refractivity contribution < 1.29 is 14.3 Å². The summed E-state index contributed by atoms with van der Waals surface area (Å²) in [6, 6.07) is 15.6. The van der Waals surface area contributed by atoms with Crippen LogP contribution in [0.2, 0.25) is 0 Å². The van der Waals surface area contributed by atoms with Crippen molar-refractivity contribution in [3.63, 3.8) is 0 Å². The molecule has 0 saturated carbocycles. The summed E-state index contributed by atoms with van der Waals surface area (Å²) in [7, 11) is 1.61. The minimum absolute atomic E-state index is 0.0267. The summed E-state index contributed by atoms with van der Waals surface area (Å²) in [5.74, 6) is 1.86. The molecular formula is C29H37N3O3S. The van der Waals surface area contributed by atoms with E-state index in [2.05, 4.69) is 24.8 Å². The zero-order valence-corrected chi connectivity index (χ0v) is 22.4. The van der Waals surface area contributed by atoms with E-state index in [1.54, 1.807) is 18.4 Å². The Morgan fingerprint density at radius 2 is 1.78 bits per heavy atom. The summed E-state index contributed by atoms with van der Waals surface area (Å²) >= 11 is 1.58. The van der Waals surface area contributed by atoms with E-state index in [9.17, 15) is 4.79 Å². The van der Waals surface area contributed by atoms with Gasteiger partial charge in [-0.1, -0.05) is 50.6 Å². The van der Waals surface area contributed by atoms with Gasteiger partial charge in [0, 0.05) is 18.5 Å². The minimum atomic E-state index is -0.0267. The second kappa shape index (κ2) is 12.9. The Morgan fingerprint density at radius 1 is 1.06 bits per heavy atom. The monoisotopic (exact) mass is 507 g/mol. The van der Waals surface area contributed by atoms with Gasteiger partial charge in [-0.2, -0.15) is 0 Å². The van der Waals surface area contributed by atoms with Gasteiger partial charge in [-0.05, 0) is 55.6 Å². The molecule has 6 nitrogen and oxygen atoms in total. The number of amides is 1. The third kappa shape index (κ3) is 6.86. The number of hydrogen-bond acceptors (Lipinski definition) is 6. The Kier molecular flexibility index (Phi) is 9.36. The molecule has 0 bridgehead atoms. The third-order valence-electron chi connectivity index (χ3n) is 6.60. The van der Waals surface area contributed by atoms with Crippen LogP contribution in [-0.2, 0) is 13.2 Å². The second-order valence-corrected chi connectivity index (χ2v) is 10.5. The molecule has 1 fully saturated rings. The summed E-state index contributed by atoms with van der Waals surface area (Å²) in [5.41, 5.74) is 2.67. The lowest BCUT2D eigenvalue weighted by Gasteiger charge is -2.30. The van der Waals surface area contributed by atoms with Crippen LogP contribution in [0, 0.1) is 0 Å². The molecular weight excluding hydrogens is 470 g/mol. The van der Waals surface area contributed by atoms with Gasteiger partial charge < -0.3 is 19.3 Å². The number of aromatic nitrogens is 1. The number of benzene rings is 2. The highest BCUT2D eigenvalue weighted by atomic mass is 32.1. The Hall–Kier alpha value is -2.90. The smallest absolute Gasteiger partial charge is 0.258 e. The number of ether oxygens (including phenoxy) is 2. The van der Waals surface area contributed by atoms with Crippen LogP contribution >= 0.6 is 11.3 Å². The van der Waals surface area contributed by atoms with E-state index >= 15 is 0 Å². The highest BCUT2D eigenvalue weighted by molar-refractivity contribution is 7.09. The third-order valence-corrected chi connectivity index (χ3v) is 7.47. The number of likely N-dealkylation sites (tertiary alicyclic amines) is 1. The number of carbonyl (C=O) groups excluding carboxylic acids is 1. The van der Waals surface area contributed by atoms with Crippen molar-refractivity contribution >= 4 is 17.2 Å². The molecule has 2 aromatic carbocycles. The number of thiazole rings is 1. The van der Waals surface area contributed by atoms with Gasteiger partial charge in [-0.25, -0.2) is 4.98 Å². The summed E-state index contributed by atoms with van der Waals surface area (Å²) in [5, 5.41) is 2.94. The van der Waals surface area contributed by atoms with Crippen molar-refractivity contribution in [2.24, 2.45) is 0 Å². The van der Waals surface area contributed by atoms with Crippen LogP contribution in [0.1, 0.15) is 65.7 Å². The summed E-state index contributed by atoms with van der Waals surface area (Å²) in [4.78, 5) is 22.8. The Bertz CT molecular complexity index is 1120. The van der Waals surface area contributed by atoms with Crippen molar-refractivity contribution in [3.05, 3.63) is 75.7 Å². The number of carbonyl (C=O) groups is 1. The van der Waals surface area contributed by atoms with Crippen molar-refractivity contribution in [3.8, 4) is 11.5 Å². The van der Waals surface area contributed by atoms with E-state index in [0.29, 0.717) is 36.9 Å². The first kappa shape index (κ1) is 26.2. The molecule has 0 spiro atoms. The van der Waals surface area contributed by atoms with Crippen molar-refractivity contribution in [1.82, 2.24) is 14.8 Å². The average Bonchev–Trinajstić information content (AvgIpc) is 3.37. The molecule has 192 valence electrons. The highest BCUT2D eigenvalue weighted by Gasteiger charge is 2.22. The molecule has 1 aliphatic heterocycles. The van der Waals surface area contributed by atoms with Gasteiger partial charge in [0.05, 0.1) is 24.9 Å². The molecule has 0 radical (unpaired) electrons. The van der Waals surface area contributed by atoms with Crippen LogP contribution in [0.15, 0.2) is 53.9 Å². The minimum Gasteiger partial charge on any atom is -0.496 e. The van der Waals surface area contributed by atoms with Crippen LogP contribution in [0.4, 0.5) is 0 Å². The fourth-order valence-electron chi connectivity index (χ4n) is 4.60. The van der Waals surface area contributed by atoms with Gasteiger partial charge >= 0.3 is 0 Å². The highest BCUT2D eigenvalue weighted by Crippen LogP contribution is 2.27. The molecule has 3 aromatic rings. The first-order valence-electron chi connectivity index (χ1n) is 12.8. The van der Waals surface area contributed by atoms with Crippen molar-refractivity contribution in [1.29, 1.82) is 0 Å². The van der Waals surface area contributed by atoms with Gasteiger partial charge in [-0.15, -0.1) is 11.3 Å². The zero-order valence-electron chi connectivity index (χ0n) is 21.6. The fourth-order valence-corrected chi connectivity index (χ4v) is 5.30. The summed E-state index contributed by atoms with van der Waals surface area (Å²) in [6.45, 7) is 8.95. The van der Waals surface area contributed by atoms with Gasteiger partial charge in [0.1, 0.15) is 23.1 Å². The van der Waals surface area contributed by atoms with Gasteiger partial charge in [0.25, 0.3) is 5.91 Å². The predicted molar refractivity (Wildman–Crippen MR) is 145 cm³/mol. The van der Waals surface area contributed by atoms with Gasteiger partial charge in [-0.3, -0.25) is 4.79 Å². The van der Waals surface area contributed by atoms with Crippen LogP contribution < -0.4 is 9.47 Å². The lowest BCUT2D eigenvalue weighted by molar-refractivity contribution is 0.0710. The number of hydrogen-bond donors (Lipinski definition) is 0. The van der Waals surface area contributed by atoms with E-state index in [4.69, 9.17) is 14.5 Å². The largest absolute Gasteiger partial charge is 0.496 e. The molecule has 1 aromatic heterocycles. The first-order valence-corrected chi connectivity index (χ1v) is 13.7. The van der Waals surface area contributed by atoms with Crippen LogP contribution in [0.25, 0.3) is 0 Å². The number of rotatable bonds is 11. The van der Waals surface area contributed by atoms with E-state index in [1.165, 1.54) is 24.8 Å². The molecule has 0 N–H and O–H groups in total. The summed E-state index contributed by atoms with van der Waals surface area (Å²) in [6.07, 6.45) is 3.76. The molecule has 0 atom stereocenters. The molecule has 36 heavy (non-hydrogen) atoms. The maximum absolute atomic E-state index is 13.6. The van der Waals surface area contributed by atoms with E-state index in [0.717, 1.165) is 36.1 Å². The van der Waals surface area contributed by atoms with Crippen LogP contribution in [0.5, 0.6) is 11.5 Å².